The van der Waals surface area contributed by atoms with Gasteiger partial charge in [-0.15, -0.1) is 0 Å². The third-order valence-corrected chi connectivity index (χ3v) is 6.83. The monoisotopic (exact) mass is 452 g/mol. The summed E-state index contributed by atoms with van der Waals surface area (Å²) in [5.41, 5.74) is 2.41. The first-order chi connectivity index (χ1) is 15.3. The maximum Gasteiger partial charge on any atom is 0.262 e. The van der Waals surface area contributed by atoms with Crippen LogP contribution < -0.4 is 19.1 Å². The number of rotatable bonds is 6. The van der Waals surface area contributed by atoms with Crippen molar-refractivity contribution in [3.05, 3.63) is 77.9 Å². The lowest BCUT2D eigenvalue weighted by Gasteiger charge is -2.23. The molecule has 0 spiro atoms. The molecule has 1 heterocycles. The number of carbonyl (C=O) groups is 1. The molecule has 0 saturated heterocycles. The molecule has 166 valence electrons. The number of fused-ring (bicyclic) bond motifs is 1. The molecule has 1 aliphatic rings. The maximum absolute atomic E-state index is 13.1. The van der Waals surface area contributed by atoms with Crippen LogP contribution in [0.25, 0.3) is 0 Å². The minimum atomic E-state index is -3.89. The number of methoxy groups -OCH3 is 2. The van der Waals surface area contributed by atoms with Crippen molar-refractivity contribution in [1.29, 1.82) is 0 Å². The van der Waals surface area contributed by atoms with Crippen molar-refractivity contribution in [2.24, 2.45) is 0 Å². The maximum atomic E-state index is 13.1. The molecule has 0 fully saturated rings. The van der Waals surface area contributed by atoms with E-state index in [1.165, 1.54) is 20.3 Å². The van der Waals surface area contributed by atoms with Crippen LogP contribution in [0.2, 0.25) is 0 Å². The van der Waals surface area contributed by atoms with Gasteiger partial charge in [0.1, 0.15) is 11.5 Å². The molecule has 0 radical (unpaired) electrons. The highest BCUT2D eigenvalue weighted by Gasteiger charge is 2.32. The largest absolute Gasteiger partial charge is 0.497 e. The van der Waals surface area contributed by atoms with Crippen molar-refractivity contribution in [3.8, 4) is 11.5 Å². The fraction of sp³-hybridized carbons (Fsp3) is 0.208. The highest BCUT2D eigenvalue weighted by atomic mass is 32.2. The minimum absolute atomic E-state index is 0.0814. The van der Waals surface area contributed by atoms with Gasteiger partial charge in [0.25, 0.3) is 15.9 Å². The summed E-state index contributed by atoms with van der Waals surface area (Å²) in [6, 6.07) is 18.7. The number of amides is 1. The summed E-state index contributed by atoms with van der Waals surface area (Å²) < 4.78 is 39.2. The third kappa shape index (κ3) is 4.01. The summed E-state index contributed by atoms with van der Waals surface area (Å²) in [5.74, 6) is 0.775. The van der Waals surface area contributed by atoms with Gasteiger partial charge >= 0.3 is 0 Å². The van der Waals surface area contributed by atoms with E-state index >= 15 is 0 Å². The molecule has 8 heteroatoms. The lowest BCUT2D eigenvalue weighted by atomic mass is 10.1. The van der Waals surface area contributed by atoms with Crippen molar-refractivity contribution in [2.45, 2.75) is 24.3 Å². The average Bonchev–Trinajstić information content (AvgIpc) is 3.13. The van der Waals surface area contributed by atoms with Gasteiger partial charge in [-0.3, -0.25) is 9.52 Å². The van der Waals surface area contributed by atoms with Crippen LogP contribution in [-0.4, -0.2) is 34.6 Å². The standard InChI is InChI=1S/C24H24N2O5S/c1-16-13-18-14-20(10-11-22(18)26(16)24(27)17-7-5-4-6-8-17)32(28,29)25-21-15-19(30-2)9-12-23(21)31-3/h4-12,14-16,25H,13H2,1-3H3/t16-/m1/s1. The van der Waals surface area contributed by atoms with E-state index in [0.717, 1.165) is 11.3 Å². The number of anilines is 2. The van der Waals surface area contributed by atoms with Gasteiger partial charge in [-0.1, -0.05) is 18.2 Å². The smallest absolute Gasteiger partial charge is 0.262 e. The summed E-state index contributed by atoms with van der Waals surface area (Å²) >= 11 is 0. The van der Waals surface area contributed by atoms with Crippen LogP contribution in [0.4, 0.5) is 11.4 Å². The van der Waals surface area contributed by atoms with Gasteiger partial charge in [-0.05, 0) is 61.4 Å². The topological polar surface area (TPSA) is 84.9 Å². The summed E-state index contributed by atoms with van der Waals surface area (Å²) in [7, 11) is -0.918. The van der Waals surface area contributed by atoms with Crippen LogP contribution in [0.15, 0.2) is 71.6 Å². The Balaban J connectivity index is 1.65. The highest BCUT2D eigenvalue weighted by Crippen LogP contribution is 2.36. The van der Waals surface area contributed by atoms with E-state index in [1.807, 2.05) is 25.1 Å². The summed E-state index contributed by atoms with van der Waals surface area (Å²) in [4.78, 5) is 14.9. The van der Waals surface area contributed by atoms with Gasteiger partial charge in [0.2, 0.25) is 0 Å². The number of sulfonamides is 1. The molecule has 3 aromatic carbocycles. The van der Waals surface area contributed by atoms with Crippen LogP contribution in [0.1, 0.15) is 22.8 Å². The van der Waals surface area contributed by atoms with E-state index < -0.39 is 10.0 Å². The molecule has 1 aliphatic heterocycles. The first kappa shape index (κ1) is 21.7. The van der Waals surface area contributed by atoms with Crippen LogP contribution in [0.5, 0.6) is 11.5 Å². The Morgan fingerprint density at radius 2 is 1.75 bits per heavy atom. The quantitative estimate of drug-likeness (QED) is 0.609. The normalized spacial score (nSPS) is 15.2. The van der Waals surface area contributed by atoms with E-state index in [9.17, 15) is 13.2 Å². The van der Waals surface area contributed by atoms with Crippen LogP contribution >= 0.6 is 0 Å². The first-order valence-corrected chi connectivity index (χ1v) is 11.6. The Hall–Kier alpha value is -3.52. The molecule has 0 aromatic heterocycles. The number of nitrogens with one attached hydrogen (secondary N) is 1. The molecule has 1 N–H and O–H groups in total. The number of benzene rings is 3. The lowest BCUT2D eigenvalue weighted by Crippen LogP contribution is -2.35. The molecular formula is C24H24N2O5S. The van der Waals surface area contributed by atoms with Crippen LogP contribution in [0.3, 0.4) is 0 Å². The van der Waals surface area contributed by atoms with Crippen molar-refractivity contribution < 1.29 is 22.7 Å². The SMILES string of the molecule is COc1ccc(OC)c(NS(=O)(=O)c2ccc3c(c2)C[C@@H](C)N3C(=O)c2ccccc2)c1. The zero-order valence-corrected chi connectivity index (χ0v) is 18.8. The molecule has 0 aliphatic carbocycles. The molecule has 7 nitrogen and oxygen atoms in total. The predicted molar refractivity (Wildman–Crippen MR) is 123 cm³/mol. The molecule has 1 amide bonds. The van der Waals surface area contributed by atoms with Crippen molar-refractivity contribution in [2.75, 3.05) is 23.8 Å². The van der Waals surface area contributed by atoms with Gasteiger partial charge in [0.15, 0.2) is 0 Å². The summed E-state index contributed by atoms with van der Waals surface area (Å²) in [6.45, 7) is 1.95. The fourth-order valence-electron chi connectivity index (χ4n) is 3.90. The van der Waals surface area contributed by atoms with E-state index in [1.54, 1.807) is 47.4 Å². The Kier molecular flexibility index (Phi) is 5.80. The number of ether oxygens (including phenoxy) is 2. The van der Waals surface area contributed by atoms with E-state index in [4.69, 9.17) is 9.47 Å². The van der Waals surface area contributed by atoms with Gasteiger partial charge in [0.05, 0.1) is 24.8 Å². The Morgan fingerprint density at radius 1 is 1.00 bits per heavy atom. The Bertz CT molecular complexity index is 1260. The number of hydrogen-bond donors (Lipinski definition) is 1. The molecule has 3 aromatic rings. The second-order valence-corrected chi connectivity index (χ2v) is 9.24. The number of nitrogens with zero attached hydrogens (tertiary/aromatic N) is 1. The van der Waals surface area contributed by atoms with Crippen molar-refractivity contribution >= 4 is 27.3 Å². The molecule has 0 saturated carbocycles. The van der Waals surface area contributed by atoms with Crippen molar-refractivity contribution in [3.63, 3.8) is 0 Å². The van der Waals surface area contributed by atoms with Gasteiger partial charge in [-0.25, -0.2) is 8.42 Å². The minimum Gasteiger partial charge on any atom is -0.497 e. The molecule has 0 bridgehead atoms. The number of carbonyl (C=O) groups excluding carboxylic acids is 1. The molecule has 1 atom stereocenters. The molecule has 4 rings (SSSR count). The zero-order chi connectivity index (χ0) is 22.9. The van der Waals surface area contributed by atoms with E-state index in [-0.39, 0.29) is 22.5 Å². The first-order valence-electron chi connectivity index (χ1n) is 10.1. The fourth-order valence-corrected chi connectivity index (χ4v) is 5.01. The third-order valence-electron chi connectivity index (χ3n) is 5.47. The van der Waals surface area contributed by atoms with E-state index in [0.29, 0.717) is 23.5 Å². The molecular weight excluding hydrogens is 428 g/mol. The lowest BCUT2D eigenvalue weighted by molar-refractivity contribution is 0.0981. The van der Waals surface area contributed by atoms with Crippen molar-refractivity contribution in [1.82, 2.24) is 0 Å². The Morgan fingerprint density at radius 3 is 2.44 bits per heavy atom. The van der Waals surface area contributed by atoms with Gasteiger partial charge < -0.3 is 14.4 Å². The molecule has 0 unspecified atom stereocenters. The van der Waals surface area contributed by atoms with Gasteiger partial charge in [-0.2, -0.15) is 0 Å². The summed E-state index contributed by atoms with van der Waals surface area (Å²) in [5, 5.41) is 0. The van der Waals surface area contributed by atoms with Crippen LogP contribution in [0, 0.1) is 0 Å². The molecule has 32 heavy (non-hydrogen) atoms. The second-order valence-electron chi connectivity index (χ2n) is 7.56. The Labute approximate surface area is 187 Å². The average molecular weight is 453 g/mol. The zero-order valence-electron chi connectivity index (χ0n) is 18.0. The predicted octanol–water partition coefficient (Wildman–Crippen LogP) is 4.10. The summed E-state index contributed by atoms with van der Waals surface area (Å²) in [6.07, 6.45) is 0.569. The second kappa shape index (κ2) is 8.55. The highest BCUT2D eigenvalue weighted by molar-refractivity contribution is 7.92. The number of hydrogen-bond acceptors (Lipinski definition) is 5. The van der Waals surface area contributed by atoms with Gasteiger partial charge in [0, 0.05) is 23.4 Å². The van der Waals surface area contributed by atoms with Crippen LogP contribution in [-0.2, 0) is 16.4 Å². The van der Waals surface area contributed by atoms with E-state index in [2.05, 4.69) is 4.72 Å².